The van der Waals surface area contributed by atoms with Crippen LogP contribution in [-0.4, -0.2) is 37.0 Å². The van der Waals surface area contributed by atoms with Crippen LogP contribution in [0.3, 0.4) is 0 Å². The monoisotopic (exact) mass is 307 g/mol. The fourth-order valence-corrected chi connectivity index (χ4v) is 2.30. The van der Waals surface area contributed by atoms with Gasteiger partial charge < -0.3 is 25.3 Å². The normalized spacial score (nSPS) is 17.1. The number of hydrogen-bond acceptors (Lipinski definition) is 5. The summed E-state index contributed by atoms with van der Waals surface area (Å²) in [6, 6.07) is 3.38. The number of fused-ring (bicyclic) bond motifs is 1. The van der Waals surface area contributed by atoms with Crippen LogP contribution >= 0.6 is 24.0 Å². The minimum absolute atomic E-state index is 0. The Morgan fingerprint density at radius 1 is 1.47 bits per heavy atom. The Bertz CT molecular complexity index is 435. The number of nitrogens with two attached hydrogens (primary N) is 1. The highest BCUT2D eigenvalue weighted by molar-refractivity contribution is 6.63. The zero-order valence-electron chi connectivity index (χ0n) is 10.2. The summed E-state index contributed by atoms with van der Waals surface area (Å²) in [5.41, 5.74) is 6.81. The van der Waals surface area contributed by atoms with E-state index >= 15 is 0 Å². The molecule has 1 aromatic rings. The molecule has 0 saturated heterocycles. The van der Waals surface area contributed by atoms with Crippen LogP contribution < -0.4 is 15.9 Å². The van der Waals surface area contributed by atoms with Crippen molar-refractivity contribution >= 4 is 36.6 Å². The van der Waals surface area contributed by atoms with Crippen molar-refractivity contribution in [3.63, 3.8) is 0 Å². The second-order valence-electron chi connectivity index (χ2n) is 4.01. The SMILES string of the molecule is Cl.NC[C@H]1OB(O)c2c(OCCCO)ccc(Cl)c21. The van der Waals surface area contributed by atoms with Gasteiger partial charge in [0.15, 0.2) is 0 Å². The van der Waals surface area contributed by atoms with Gasteiger partial charge in [0.25, 0.3) is 0 Å². The summed E-state index contributed by atoms with van der Waals surface area (Å²) < 4.78 is 10.8. The van der Waals surface area contributed by atoms with Crippen LogP contribution in [0.5, 0.6) is 5.75 Å². The van der Waals surface area contributed by atoms with Gasteiger partial charge >= 0.3 is 7.12 Å². The molecule has 1 aliphatic heterocycles. The molecule has 0 spiro atoms. The van der Waals surface area contributed by atoms with E-state index in [-0.39, 0.29) is 25.6 Å². The van der Waals surface area contributed by atoms with Gasteiger partial charge in [-0.15, -0.1) is 12.4 Å². The van der Waals surface area contributed by atoms with Gasteiger partial charge in [-0.3, -0.25) is 0 Å². The van der Waals surface area contributed by atoms with E-state index in [2.05, 4.69) is 0 Å². The zero-order chi connectivity index (χ0) is 13.1. The van der Waals surface area contributed by atoms with Crippen molar-refractivity contribution in [1.29, 1.82) is 0 Å². The van der Waals surface area contributed by atoms with Gasteiger partial charge in [0.1, 0.15) is 5.75 Å². The maximum Gasteiger partial charge on any atom is 0.495 e. The fourth-order valence-electron chi connectivity index (χ4n) is 2.01. The van der Waals surface area contributed by atoms with Gasteiger partial charge in [-0.05, 0) is 12.1 Å². The second-order valence-corrected chi connectivity index (χ2v) is 4.42. The van der Waals surface area contributed by atoms with Gasteiger partial charge in [-0.1, -0.05) is 11.6 Å². The molecular formula is C11H16BCl2NO4. The van der Waals surface area contributed by atoms with E-state index in [0.717, 1.165) is 0 Å². The molecule has 1 heterocycles. The van der Waals surface area contributed by atoms with Crippen LogP contribution in [0.1, 0.15) is 18.1 Å². The van der Waals surface area contributed by atoms with E-state index in [1.165, 1.54) is 0 Å². The summed E-state index contributed by atoms with van der Waals surface area (Å²) in [5, 5.41) is 19.1. The van der Waals surface area contributed by atoms with Crippen molar-refractivity contribution in [2.75, 3.05) is 19.8 Å². The Morgan fingerprint density at radius 3 is 2.84 bits per heavy atom. The number of aliphatic hydroxyl groups is 1. The lowest BCUT2D eigenvalue weighted by Gasteiger charge is -2.13. The molecule has 1 aromatic carbocycles. The molecule has 1 atom stereocenters. The summed E-state index contributed by atoms with van der Waals surface area (Å²) in [5.74, 6) is 0.520. The lowest BCUT2D eigenvalue weighted by molar-refractivity contribution is 0.198. The second kappa shape index (κ2) is 7.33. The molecule has 0 fully saturated rings. The van der Waals surface area contributed by atoms with Crippen molar-refractivity contribution < 1.29 is 19.5 Å². The van der Waals surface area contributed by atoms with Crippen LogP contribution in [0, 0.1) is 0 Å². The largest absolute Gasteiger partial charge is 0.495 e. The molecule has 1 aliphatic rings. The average Bonchev–Trinajstić information content (AvgIpc) is 2.71. The first-order valence-corrected chi connectivity index (χ1v) is 6.16. The predicted molar refractivity (Wildman–Crippen MR) is 76.4 cm³/mol. The van der Waals surface area contributed by atoms with Crippen LogP contribution in [-0.2, 0) is 4.65 Å². The highest BCUT2D eigenvalue weighted by Crippen LogP contribution is 2.32. The molecule has 106 valence electrons. The Balaban J connectivity index is 0.00000180. The first kappa shape index (κ1) is 16.6. The van der Waals surface area contributed by atoms with Gasteiger partial charge in [-0.25, -0.2) is 0 Å². The molecule has 0 saturated carbocycles. The molecule has 5 nitrogen and oxygen atoms in total. The lowest BCUT2D eigenvalue weighted by atomic mass is 9.78. The van der Waals surface area contributed by atoms with Gasteiger partial charge in [0.2, 0.25) is 0 Å². The average molecular weight is 308 g/mol. The Labute approximate surface area is 123 Å². The fraction of sp³-hybridized carbons (Fsp3) is 0.455. The van der Waals surface area contributed by atoms with Gasteiger partial charge in [0.05, 0.1) is 12.7 Å². The van der Waals surface area contributed by atoms with Gasteiger partial charge in [0, 0.05) is 35.6 Å². The minimum atomic E-state index is -1.07. The molecule has 4 N–H and O–H groups in total. The molecule has 8 heteroatoms. The third-order valence-corrected chi connectivity index (χ3v) is 3.16. The van der Waals surface area contributed by atoms with Crippen LogP contribution in [0.4, 0.5) is 0 Å². The van der Waals surface area contributed by atoms with Crippen molar-refractivity contribution in [1.82, 2.24) is 0 Å². The topological polar surface area (TPSA) is 84.9 Å². The maximum absolute atomic E-state index is 9.88. The summed E-state index contributed by atoms with van der Waals surface area (Å²) in [4.78, 5) is 0. The van der Waals surface area contributed by atoms with E-state index in [0.29, 0.717) is 34.8 Å². The van der Waals surface area contributed by atoms with Crippen LogP contribution in [0.15, 0.2) is 12.1 Å². The van der Waals surface area contributed by atoms with E-state index < -0.39 is 13.2 Å². The Morgan fingerprint density at radius 2 is 2.21 bits per heavy atom. The smallest absolute Gasteiger partial charge is 0.494 e. The van der Waals surface area contributed by atoms with E-state index in [1.807, 2.05) is 0 Å². The molecule has 0 unspecified atom stereocenters. The van der Waals surface area contributed by atoms with Gasteiger partial charge in [-0.2, -0.15) is 0 Å². The first-order chi connectivity index (χ1) is 8.69. The molecule has 0 aromatic heterocycles. The first-order valence-electron chi connectivity index (χ1n) is 5.78. The van der Waals surface area contributed by atoms with E-state index in [1.54, 1.807) is 12.1 Å². The Kier molecular flexibility index (Phi) is 6.39. The third kappa shape index (κ3) is 3.34. The highest BCUT2D eigenvalue weighted by Gasteiger charge is 2.39. The van der Waals surface area contributed by atoms with E-state index in [4.69, 9.17) is 31.8 Å². The predicted octanol–water partition coefficient (Wildman–Crippen LogP) is 0.241. The summed E-state index contributed by atoms with van der Waals surface area (Å²) in [7, 11) is -1.07. The Hall–Kier alpha value is -0.495. The molecule has 0 amide bonds. The molecular weight excluding hydrogens is 292 g/mol. The van der Waals surface area contributed by atoms with Crippen molar-refractivity contribution in [2.45, 2.75) is 12.5 Å². The van der Waals surface area contributed by atoms with Crippen molar-refractivity contribution in [3.05, 3.63) is 22.7 Å². The number of aliphatic hydroxyl groups excluding tert-OH is 1. The number of halogens is 2. The minimum Gasteiger partial charge on any atom is -0.494 e. The molecule has 0 radical (unpaired) electrons. The zero-order valence-corrected chi connectivity index (χ0v) is 11.8. The standard InChI is InChI=1S/C11H15BClNO4.ClH/c13-7-2-3-8(17-5-1-4-15)11-10(7)9(6-14)18-12(11)16;/h2-3,9,15-16H,1,4-6,14H2;1H/t9-;/m1./s1. The molecule has 0 aliphatic carbocycles. The molecule has 0 bridgehead atoms. The van der Waals surface area contributed by atoms with E-state index in [9.17, 15) is 5.02 Å². The van der Waals surface area contributed by atoms with Crippen molar-refractivity contribution in [2.24, 2.45) is 5.73 Å². The maximum atomic E-state index is 9.88. The summed E-state index contributed by atoms with van der Waals surface area (Å²) in [6.45, 7) is 0.661. The quantitative estimate of drug-likeness (QED) is 0.536. The van der Waals surface area contributed by atoms with Crippen LogP contribution in [0.2, 0.25) is 5.02 Å². The molecule has 19 heavy (non-hydrogen) atoms. The van der Waals surface area contributed by atoms with Crippen molar-refractivity contribution in [3.8, 4) is 5.75 Å². The number of ether oxygens (including phenoxy) is 1. The summed E-state index contributed by atoms with van der Waals surface area (Å²) >= 11 is 6.10. The summed E-state index contributed by atoms with van der Waals surface area (Å²) in [6.07, 6.45) is 0.109. The third-order valence-electron chi connectivity index (χ3n) is 2.83. The number of hydrogen-bond donors (Lipinski definition) is 3. The molecule has 2 rings (SSSR count). The number of rotatable bonds is 5. The highest BCUT2D eigenvalue weighted by atomic mass is 35.5. The number of benzene rings is 1. The lowest BCUT2D eigenvalue weighted by Crippen LogP contribution is -2.30. The van der Waals surface area contributed by atoms with Crippen LogP contribution in [0.25, 0.3) is 0 Å².